The van der Waals surface area contributed by atoms with E-state index in [1.54, 1.807) is 0 Å². The number of rotatable bonds is 1. The lowest BCUT2D eigenvalue weighted by molar-refractivity contribution is 0.423. The third-order valence-electron chi connectivity index (χ3n) is 2.75. The summed E-state index contributed by atoms with van der Waals surface area (Å²) < 4.78 is 39.5. The molecule has 1 atom stereocenters. The lowest BCUT2D eigenvalue weighted by Crippen LogP contribution is -2.29. The van der Waals surface area contributed by atoms with E-state index in [0.29, 0.717) is 6.54 Å². The summed E-state index contributed by atoms with van der Waals surface area (Å²) in [5, 5.41) is 3.08. The van der Waals surface area contributed by atoms with Crippen LogP contribution in [0, 0.1) is 17.5 Å². The van der Waals surface area contributed by atoms with Gasteiger partial charge in [-0.2, -0.15) is 0 Å². The first-order chi connectivity index (χ1) is 7.18. The van der Waals surface area contributed by atoms with Crippen LogP contribution in [-0.2, 0) is 0 Å². The molecule has 4 heteroatoms. The molecule has 0 saturated carbocycles. The molecule has 0 amide bonds. The van der Waals surface area contributed by atoms with Gasteiger partial charge in [0, 0.05) is 30.2 Å². The highest BCUT2D eigenvalue weighted by molar-refractivity contribution is 5.25. The molecule has 1 saturated heterocycles. The van der Waals surface area contributed by atoms with E-state index in [-0.39, 0.29) is 11.5 Å². The molecular weight excluding hydrogens is 203 g/mol. The monoisotopic (exact) mass is 215 g/mol. The van der Waals surface area contributed by atoms with Crippen LogP contribution in [0.1, 0.15) is 24.3 Å². The van der Waals surface area contributed by atoms with Crippen molar-refractivity contribution >= 4 is 0 Å². The van der Waals surface area contributed by atoms with Gasteiger partial charge in [0.15, 0.2) is 0 Å². The third kappa shape index (κ3) is 2.15. The summed E-state index contributed by atoms with van der Waals surface area (Å²) >= 11 is 0. The topological polar surface area (TPSA) is 12.0 Å². The molecule has 1 fully saturated rings. The van der Waals surface area contributed by atoms with Crippen LogP contribution in [0.25, 0.3) is 0 Å². The highest BCUT2D eigenvalue weighted by Crippen LogP contribution is 2.28. The fraction of sp³-hybridized carbons (Fsp3) is 0.455. The molecule has 0 aromatic heterocycles. The molecule has 1 aliphatic heterocycles. The summed E-state index contributed by atoms with van der Waals surface area (Å²) in [4.78, 5) is 0. The maximum Gasteiger partial charge on any atom is 0.132 e. The maximum atomic E-state index is 13.4. The van der Waals surface area contributed by atoms with Crippen LogP contribution < -0.4 is 5.32 Å². The fourth-order valence-corrected chi connectivity index (χ4v) is 2.04. The van der Waals surface area contributed by atoms with Crippen LogP contribution in [0.2, 0.25) is 0 Å². The quantitative estimate of drug-likeness (QED) is 0.759. The van der Waals surface area contributed by atoms with Gasteiger partial charge in [0.25, 0.3) is 0 Å². The predicted octanol–water partition coefficient (Wildman–Crippen LogP) is 2.57. The number of hydrogen-bond donors (Lipinski definition) is 1. The second kappa shape index (κ2) is 4.23. The molecule has 82 valence electrons. The Kier molecular flexibility index (Phi) is 2.95. The molecule has 1 heterocycles. The smallest absolute Gasteiger partial charge is 0.132 e. The van der Waals surface area contributed by atoms with Crippen molar-refractivity contribution in [2.45, 2.75) is 18.8 Å². The van der Waals surface area contributed by atoms with Gasteiger partial charge in [0.05, 0.1) is 0 Å². The van der Waals surface area contributed by atoms with Gasteiger partial charge in [-0.3, -0.25) is 0 Å². The van der Waals surface area contributed by atoms with Gasteiger partial charge in [0.2, 0.25) is 0 Å². The Labute approximate surface area is 86.3 Å². The second-order valence-corrected chi connectivity index (χ2v) is 3.83. The van der Waals surface area contributed by atoms with Crippen molar-refractivity contribution in [3.63, 3.8) is 0 Å². The first-order valence-electron chi connectivity index (χ1n) is 5.03. The summed E-state index contributed by atoms with van der Waals surface area (Å²) in [6, 6.07) is 1.49. The molecule has 1 nitrogen and oxygen atoms in total. The average molecular weight is 215 g/mol. The van der Waals surface area contributed by atoms with Gasteiger partial charge >= 0.3 is 0 Å². The number of benzene rings is 1. The highest BCUT2D eigenvalue weighted by atomic mass is 19.1. The second-order valence-electron chi connectivity index (χ2n) is 3.83. The molecule has 1 aromatic carbocycles. The van der Waals surface area contributed by atoms with Crippen molar-refractivity contribution in [2.24, 2.45) is 0 Å². The van der Waals surface area contributed by atoms with E-state index in [9.17, 15) is 13.2 Å². The normalized spacial score (nSPS) is 21.7. The van der Waals surface area contributed by atoms with Gasteiger partial charge in [-0.1, -0.05) is 0 Å². The zero-order valence-electron chi connectivity index (χ0n) is 8.19. The Bertz CT molecular complexity index is 336. The van der Waals surface area contributed by atoms with E-state index in [2.05, 4.69) is 5.32 Å². The summed E-state index contributed by atoms with van der Waals surface area (Å²) in [7, 11) is 0. The largest absolute Gasteiger partial charge is 0.316 e. The van der Waals surface area contributed by atoms with Crippen LogP contribution in [0.3, 0.4) is 0 Å². The van der Waals surface area contributed by atoms with Crippen LogP contribution in [0.15, 0.2) is 12.1 Å². The standard InChI is InChI=1S/C11H12F3N/c12-8-4-9(13)11(10(14)5-8)7-2-1-3-15-6-7/h4-5,7,15H,1-3,6H2. The molecular formula is C11H12F3N. The van der Waals surface area contributed by atoms with Crippen LogP contribution in [0.5, 0.6) is 0 Å². The summed E-state index contributed by atoms with van der Waals surface area (Å²) in [6.45, 7) is 1.43. The Balaban J connectivity index is 2.33. The number of halogens is 3. The molecule has 0 radical (unpaired) electrons. The zero-order valence-corrected chi connectivity index (χ0v) is 8.19. The fourth-order valence-electron chi connectivity index (χ4n) is 2.04. The Morgan fingerprint density at radius 1 is 1.13 bits per heavy atom. The minimum absolute atomic E-state index is 0.0172. The van der Waals surface area contributed by atoms with E-state index >= 15 is 0 Å². The predicted molar refractivity (Wildman–Crippen MR) is 51.2 cm³/mol. The van der Waals surface area contributed by atoms with E-state index in [1.807, 2.05) is 0 Å². The number of hydrogen-bond acceptors (Lipinski definition) is 1. The minimum Gasteiger partial charge on any atom is -0.316 e. The third-order valence-corrected chi connectivity index (χ3v) is 2.75. The van der Waals surface area contributed by atoms with E-state index in [4.69, 9.17) is 0 Å². The van der Waals surface area contributed by atoms with Crippen molar-refractivity contribution in [3.05, 3.63) is 35.1 Å². The van der Waals surface area contributed by atoms with Crippen LogP contribution in [-0.4, -0.2) is 13.1 Å². The summed E-state index contributed by atoms with van der Waals surface area (Å²) in [5.74, 6) is -2.60. The first-order valence-corrected chi connectivity index (χ1v) is 5.03. The Morgan fingerprint density at radius 3 is 2.33 bits per heavy atom. The molecule has 2 rings (SSSR count). The number of piperidine rings is 1. The molecule has 0 spiro atoms. The van der Waals surface area contributed by atoms with Crippen molar-refractivity contribution in [1.82, 2.24) is 5.32 Å². The molecule has 0 bridgehead atoms. The van der Waals surface area contributed by atoms with Crippen molar-refractivity contribution in [1.29, 1.82) is 0 Å². The van der Waals surface area contributed by atoms with Gasteiger partial charge in [0.1, 0.15) is 17.5 Å². The van der Waals surface area contributed by atoms with E-state index in [0.717, 1.165) is 31.5 Å². The van der Waals surface area contributed by atoms with Crippen molar-refractivity contribution in [3.8, 4) is 0 Å². The zero-order chi connectivity index (χ0) is 10.8. The molecule has 1 N–H and O–H groups in total. The Hall–Kier alpha value is -1.03. The van der Waals surface area contributed by atoms with Gasteiger partial charge in [-0.25, -0.2) is 13.2 Å². The first kappa shape index (κ1) is 10.5. The highest BCUT2D eigenvalue weighted by Gasteiger charge is 2.22. The van der Waals surface area contributed by atoms with Gasteiger partial charge in [-0.05, 0) is 19.4 Å². The van der Waals surface area contributed by atoms with E-state index < -0.39 is 17.5 Å². The van der Waals surface area contributed by atoms with Crippen LogP contribution in [0.4, 0.5) is 13.2 Å². The summed E-state index contributed by atoms with van der Waals surface area (Å²) in [6.07, 6.45) is 1.63. The van der Waals surface area contributed by atoms with Crippen LogP contribution >= 0.6 is 0 Å². The SMILES string of the molecule is Fc1cc(F)c(C2CCCNC2)c(F)c1. The molecule has 1 aliphatic rings. The Morgan fingerprint density at radius 2 is 1.80 bits per heavy atom. The molecule has 15 heavy (non-hydrogen) atoms. The minimum atomic E-state index is -0.863. The lowest BCUT2D eigenvalue weighted by atomic mass is 9.91. The van der Waals surface area contributed by atoms with Crippen molar-refractivity contribution < 1.29 is 13.2 Å². The van der Waals surface area contributed by atoms with E-state index in [1.165, 1.54) is 0 Å². The molecule has 0 aliphatic carbocycles. The van der Waals surface area contributed by atoms with Gasteiger partial charge in [-0.15, -0.1) is 0 Å². The average Bonchev–Trinajstić information content (AvgIpc) is 2.17. The maximum absolute atomic E-state index is 13.4. The van der Waals surface area contributed by atoms with Gasteiger partial charge < -0.3 is 5.32 Å². The molecule has 1 unspecified atom stereocenters. The summed E-state index contributed by atoms with van der Waals surface area (Å²) in [5.41, 5.74) is 0.0172. The number of nitrogens with one attached hydrogen (secondary N) is 1. The van der Waals surface area contributed by atoms with Crippen molar-refractivity contribution in [2.75, 3.05) is 13.1 Å². The molecule has 1 aromatic rings. The lowest BCUT2D eigenvalue weighted by Gasteiger charge is -2.23.